The van der Waals surface area contributed by atoms with Gasteiger partial charge in [-0.25, -0.2) is 0 Å². The Balaban J connectivity index is 2.27. The van der Waals surface area contributed by atoms with Crippen LogP contribution in [0.25, 0.3) is 0 Å². The van der Waals surface area contributed by atoms with E-state index >= 15 is 0 Å². The fourth-order valence-corrected chi connectivity index (χ4v) is 4.25. The first kappa shape index (κ1) is 20.1. The van der Waals surface area contributed by atoms with Gasteiger partial charge in [0.05, 0.1) is 28.1 Å². The summed E-state index contributed by atoms with van der Waals surface area (Å²) < 4.78 is 53.2. The second kappa shape index (κ2) is 7.96. The van der Waals surface area contributed by atoms with E-state index in [2.05, 4.69) is 36.2 Å². The highest BCUT2D eigenvalue weighted by Crippen LogP contribution is 2.37. The number of hydrogen-bond donors (Lipinski definition) is 2. The van der Waals surface area contributed by atoms with Gasteiger partial charge in [0.15, 0.2) is 0 Å². The van der Waals surface area contributed by atoms with Crippen molar-refractivity contribution in [3.63, 3.8) is 0 Å². The van der Waals surface area contributed by atoms with E-state index in [1.54, 1.807) is 13.8 Å². The van der Waals surface area contributed by atoms with Crippen molar-refractivity contribution in [1.29, 1.82) is 0 Å². The second-order valence-corrected chi connectivity index (χ2v) is 7.93. The molecule has 0 spiro atoms. The Kier molecular flexibility index (Phi) is 6.39. The minimum Gasteiger partial charge on any atom is -0.406 e. The van der Waals surface area contributed by atoms with E-state index in [4.69, 9.17) is 11.6 Å². The lowest BCUT2D eigenvalue weighted by molar-refractivity contribution is -0.274. The van der Waals surface area contributed by atoms with Crippen LogP contribution in [0.1, 0.15) is 25.5 Å². The van der Waals surface area contributed by atoms with E-state index in [-0.39, 0.29) is 5.02 Å². The summed E-state index contributed by atoms with van der Waals surface area (Å²) in [5.74, 6) is 0.470. The quantitative estimate of drug-likeness (QED) is 0.635. The highest BCUT2D eigenvalue weighted by atomic mass is 79.9. The first-order chi connectivity index (χ1) is 11.6. The monoisotopic (exact) mass is 459 g/mol. The van der Waals surface area contributed by atoms with Gasteiger partial charge in [-0.15, -0.1) is 13.2 Å². The van der Waals surface area contributed by atoms with E-state index in [0.29, 0.717) is 26.5 Å². The largest absolute Gasteiger partial charge is 0.573 e. The van der Waals surface area contributed by atoms with Crippen LogP contribution in [0, 0.1) is 0 Å². The molecule has 2 atom stereocenters. The summed E-state index contributed by atoms with van der Waals surface area (Å²) in [4.78, 5) is 0.513. The first-order valence-corrected chi connectivity index (χ1v) is 9.54. The predicted octanol–water partition coefficient (Wildman–Crippen LogP) is 5.02. The molecule has 0 aliphatic heterocycles. The van der Waals surface area contributed by atoms with Gasteiger partial charge in [0.2, 0.25) is 0 Å². The Morgan fingerprint density at radius 1 is 1.48 bits per heavy atom. The zero-order chi connectivity index (χ0) is 18.8. The topological polar surface area (TPSA) is 67.0 Å². The first-order valence-electron chi connectivity index (χ1n) is 7.05. The lowest BCUT2D eigenvalue weighted by Gasteiger charge is -2.19. The van der Waals surface area contributed by atoms with Crippen LogP contribution in [0.5, 0.6) is 5.75 Å². The molecule has 2 unspecified atom stereocenters. The van der Waals surface area contributed by atoms with Crippen LogP contribution < -0.4 is 10.1 Å². The van der Waals surface area contributed by atoms with Gasteiger partial charge in [-0.05, 0) is 19.1 Å². The van der Waals surface area contributed by atoms with Crippen LogP contribution in [0.2, 0.25) is 5.02 Å². The van der Waals surface area contributed by atoms with Gasteiger partial charge in [-0.1, -0.05) is 34.5 Å². The molecule has 138 valence electrons. The van der Waals surface area contributed by atoms with Crippen molar-refractivity contribution in [3.8, 4) is 5.75 Å². The highest BCUT2D eigenvalue weighted by molar-refractivity contribution is 9.10. The molecule has 0 saturated heterocycles. The minimum absolute atomic E-state index is 0.0892. The molecule has 0 aliphatic rings. The van der Waals surface area contributed by atoms with Crippen LogP contribution in [0.4, 0.5) is 19.0 Å². The SMILES string of the molecule is CCS(=O)c1cn[nH]c1NC(C)c1c(Cl)cc(OC(F)(F)F)cc1Br. The smallest absolute Gasteiger partial charge is 0.406 e. The number of rotatable bonds is 6. The van der Waals surface area contributed by atoms with Crippen LogP contribution in [-0.2, 0) is 10.8 Å². The molecular formula is C14H14BrClF3N3O2S. The number of hydrogen-bond acceptors (Lipinski definition) is 4. The van der Waals surface area contributed by atoms with Gasteiger partial charge < -0.3 is 10.1 Å². The van der Waals surface area contributed by atoms with Crippen molar-refractivity contribution in [3.05, 3.63) is 33.4 Å². The molecule has 0 bridgehead atoms. The summed E-state index contributed by atoms with van der Waals surface area (Å²) in [7, 11) is -1.22. The van der Waals surface area contributed by atoms with Crippen molar-refractivity contribution in [2.75, 3.05) is 11.1 Å². The summed E-state index contributed by atoms with van der Waals surface area (Å²) in [6, 6.07) is 1.87. The molecule has 2 rings (SSSR count). The molecular weight excluding hydrogens is 447 g/mol. The number of aromatic amines is 1. The standard InChI is InChI=1S/C14H14BrClF3N3O2S/c1-3-25(23)11-6-20-22-13(11)21-7(2)12-9(15)4-8(5-10(12)16)24-14(17,18)19/h4-7H,3H2,1-2H3,(H2,20,21,22). The van der Waals surface area contributed by atoms with Crippen molar-refractivity contribution < 1.29 is 22.1 Å². The summed E-state index contributed by atoms with van der Waals surface area (Å²) in [5.41, 5.74) is 0.527. The lowest BCUT2D eigenvalue weighted by Crippen LogP contribution is -2.17. The normalized spacial score (nSPS) is 14.2. The maximum atomic E-state index is 12.3. The summed E-state index contributed by atoms with van der Waals surface area (Å²) in [6.45, 7) is 3.54. The predicted molar refractivity (Wildman–Crippen MR) is 93.4 cm³/mol. The summed E-state index contributed by atoms with van der Waals surface area (Å²) >= 11 is 9.34. The Labute approximate surface area is 157 Å². The Hall–Kier alpha value is -1.26. The van der Waals surface area contributed by atoms with Gasteiger partial charge >= 0.3 is 6.36 Å². The Bertz CT molecular complexity index is 762. The Morgan fingerprint density at radius 3 is 2.72 bits per heavy atom. The number of anilines is 1. The number of benzene rings is 1. The molecule has 2 aromatic rings. The third kappa shape index (κ3) is 5.11. The average molecular weight is 461 g/mol. The lowest BCUT2D eigenvalue weighted by atomic mass is 10.1. The minimum atomic E-state index is -4.80. The van der Waals surface area contributed by atoms with Crippen LogP contribution in [-0.4, -0.2) is 26.5 Å². The number of aromatic nitrogens is 2. The van der Waals surface area contributed by atoms with Crippen molar-refractivity contribution >= 4 is 44.1 Å². The van der Waals surface area contributed by atoms with Crippen molar-refractivity contribution in [1.82, 2.24) is 10.2 Å². The zero-order valence-electron chi connectivity index (χ0n) is 13.1. The number of alkyl halides is 3. The number of halogens is 5. The Morgan fingerprint density at radius 2 is 2.16 bits per heavy atom. The summed E-state index contributed by atoms with van der Waals surface area (Å²) in [5, 5.41) is 9.76. The molecule has 0 fully saturated rings. The van der Waals surface area contributed by atoms with Gasteiger partial charge in [-0.2, -0.15) is 5.10 Å². The number of H-pyrrole nitrogens is 1. The average Bonchev–Trinajstić information content (AvgIpc) is 2.91. The van der Waals surface area contributed by atoms with E-state index in [1.807, 2.05) is 0 Å². The molecule has 25 heavy (non-hydrogen) atoms. The van der Waals surface area contributed by atoms with Crippen molar-refractivity contribution in [2.24, 2.45) is 0 Å². The van der Waals surface area contributed by atoms with Crippen LogP contribution in [0.15, 0.2) is 27.7 Å². The molecule has 0 radical (unpaired) electrons. The van der Waals surface area contributed by atoms with Gasteiger partial charge in [0.25, 0.3) is 0 Å². The molecule has 0 amide bonds. The van der Waals surface area contributed by atoms with Crippen LogP contribution in [0.3, 0.4) is 0 Å². The fraction of sp³-hybridized carbons (Fsp3) is 0.357. The van der Waals surface area contributed by atoms with Gasteiger partial charge in [0, 0.05) is 15.8 Å². The maximum Gasteiger partial charge on any atom is 0.573 e. The molecule has 2 N–H and O–H groups in total. The van der Waals surface area contributed by atoms with E-state index in [1.165, 1.54) is 12.3 Å². The van der Waals surface area contributed by atoms with Crippen LogP contribution >= 0.6 is 27.5 Å². The van der Waals surface area contributed by atoms with Gasteiger partial charge in [-0.3, -0.25) is 9.31 Å². The third-order valence-corrected chi connectivity index (χ3v) is 5.49. The fourth-order valence-electron chi connectivity index (χ4n) is 2.16. The summed E-state index contributed by atoms with van der Waals surface area (Å²) in [6.07, 6.45) is -3.34. The van der Waals surface area contributed by atoms with Gasteiger partial charge in [0.1, 0.15) is 16.5 Å². The van der Waals surface area contributed by atoms with E-state index < -0.39 is 29.0 Å². The zero-order valence-corrected chi connectivity index (χ0v) is 16.2. The molecule has 11 heteroatoms. The third-order valence-electron chi connectivity index (χ3n) is 3.19. The van der Waals surface area contributed by atoms with E-state index in [0.717, 1.165) is 6.07 Å². The number of ether oxygens (including phenoxy) is 1. The molecule has 1 heterocycles. The molecule has 5 nitrogen and oxygen atoms in total. The number of nitrogens with one attached hydrogen (secondary N) is 2. The molecule has 1 aromatic heterocycles. The highest BCUT2D eigenvalue weighted by Gasteiger charge is 2.32. The second-order valence-electron chi connectivity index (χ2n) is 4.96. The molecule has 1 aromatic carbocycles. The molecule has 0 saturated carbocycles. The molecule has 0 aliphatic carbocycles. The van der Waals surface area contributed by atoms with Crippen molar-refractivity contribution in [2.45, 2.75) is 31.1 Å². The maximum absolute atomic E-state index is 12.3. The van der Waals surface area contributed by atoms with E-state index in [9.17, 15) is 17.4 Å². The number of nitrogens with zero attached hydrogens (tertiary/aromatic N) is 1.